The van der Waals surface area contributed by atoms with Gasteiger partial charge in [-0.15, -0.1) is 0 Å². The van der Waals surface area contributed by atoms with Crippen LogP contribution in [-0.4, -0.2) is 86.1 Å². The monoisotopic (exact) mass is 821 g/mol. The molecule has 0 rings (SSSR count). The SMILES string of the molecule is CC/C=C\C/C=C\CC(O)/C=C/C=C\C/C=C\CCCC(=O)O[C@H](COC(=O)CCCCCCC/C=C\C/C=C\CCCCC)COP(=O)(O)OCC[N+](C)(C)C. The Kier molecular flexibility index (Phi) is 35.6. The smallest absolute Gasteiger partial charge is 0.462 e. The average molecular weight is 821 g/mol. The van der Waals surface area contributed by atoms with Gasteiger partial charge in [0.1, 0.15) is 19.8 Å². The molecular formula is C46H79NO9P+. The van der Waals surface area contributed by atoms with Gasteiger partial charge in [-0.2, -0.15) is 0 Å². The van der Waals surface area contributed by atoms with E-state index in [2.05, 4.69) is 56.4 Å². The molecule has 0 radical (unpaired) electrons. The number of quaternary nitrogens is 1. The Morgan fingerprint density at radius 2 is 1.23 bits per heavy atom. The lowest BCUT2D eigenvalue weighted by Crippen LogP contribution is -2.37. The van der Waals surface area contributed by atoms with Crippen molar-refractivity contribution in [3.63, 3.8) is 0 Å². The number of likely N-dealkylation sites (N-methyl/N-ethyl adjacent to an activating group) is 1. The van der Waals surface area contributed by atoms with E-state index in [4.69, 9.17) is 18.5 Å². The van der Waals surface area contributed by atoms with Gasteiger partial charge in [-0.1, -0.05) is 131 Å². The van der Waals surface area contributed by atoms with Gasteiger partial charge in [0.15, 0.2) is 6.10 Å². The number of rotatable bonds is 37. The molecule has 11 heteroatoms. The Balaban J connectivity index is 4.59. The molecule has 0 aliphatic heterocycles. The van der Waals surface area contributed by atoms with Crippen LogP contribution in [0.1, 0.15) is 136 Å². The first kappa shape index (κ1) is 54.2. The number of aliphatic hydroxyl groups is 1. The summed E-state index contributed by atoms with van der Waals surface area (Å²) in [6, 6.07) is 0. The Labute approximate surface area is 346 Å². The van der Waals surface area contributed by atoms with E-state index in [1.165, 1.54) is 25.7 Å². The zero-order valence-corrected chi connectivity index (χ0v) is 37.0. The summed E-state index contributed by atoms with van der Waals surface area (Å²) in [6.45, 7) is 4.07. The van der Waals surface area contributed by atoms with Crippen LogP contribution < -0.4 is 0 Å². The first-order valence-corrected chi connectivity index (χ1v) is 22.9. The van der Waals surface area contributed by atoms with Gasteiger partial charge in [0.2, 0.25) is 0 Å². The third kappa shape index (κ3) is 41.1. The summed E-state index contributed by atoms with van der Waals surface area (Å²) in [5.74, 6) is -0.932. The van der Waals surface area contributed by atoms with Crippen LogP contribution in [0.2, 0.25) is 0 Å². The molecule has 3 atom stereocenters. The van der Waals surface area contributed by atoms with Crippen LogP contribution in [0.25, 0.3) is 0 Å². The predicted octanol–water partition coefficient (Wildman–Crippen LogP) is 11.0. The Bertz CT molecular complexity index is 1260. The highest BCUT2D eigenvalue weighted by Gasteiger charge is 2.27. The number of hydrogen-bond donors (Lipinski definition) is 2. The molecule has 0 fully saturated rings. The van der Waals surface area contributed by atoms with Crippen molar-refractivity contribution in [2.24, 2.45) is 0 Å². The molecule has 0 spiro atoms. The molecule has 0 heterocycles. The van der Waals surface area contributed by atoms with Gasteiger partial charge in [0.05, 0.1) is 33.9 Å². The second-order valence-corrected chi connectivity index (χ2v) is 16.6. The maximum Gasteiger partial charge on any atom is 0.472 e. The number of allylic oxidation sites excluding steroid dienone is 12. The van der Waals surface area contributed by atoms with Crippen LogP contribution in [0.3, 0.4) is 0 Å². The molecule has 0 aromatic heterocycles. The van der Waals surface area contributed by atoms with Gasteiger partial charge in [-0.25, -0.2) is 4.57 Å². The lowest BCUT2D eigenvalue weighted by Gasteiger charge is -2.24. The van der Waals surface area contributed by atoms with E-state index in [1.54, 1.807) is 6.08 Å². The van der Waals surface area contributed by atoms with Crippen molar-refractivity contribution in [2.45, 2.75) is 148 Å². The fourth-order valence-electron chi connectivity index (χ4n) is 5.10. The van der Waals surface area contributed by atoms with Crippen molar-refractivity contribution in [1.29, 1.82) is 0 Å². The normalized spacial score (nSPS) is 15.0. The van der Waals surface area contributed by atoms with Crippen molar-refractivity contribution in [3.8, 4) is 0 Å². The van der Waals surface area contributed by atoms with Crippen molar-refractivity contribution >= 4 is 19.8 Å². The number of phosphoric ester groups is 1. The summed E-state index contributed by atoms with van der Waals surface area (Å²) in [7, 11) is 1.38. The number of esters is 2. The number of carbonyl (C=O) groups is 2. The molecule has 0 aliphatic rings. The molecule has 0 saturated carbocycles. The van der Waals surface area contributed by atoms with Crippen LogP contribution in [0.5, 0.6) is 0 Å². The van der Waals surface area contributed by atoms with Crippen molar-refractivity contribution < 1.29 is 47.2 Å². The summed E-state index contributed by atoms with van der Waals surface area (Å²) in [5.41, 5.74) is 0. The Morgan fingerprint density at radius 3 is 1.89 bits per heavy atom. The molecule has 10 nitrogen and oxygen atoms in total. The van der Waals surface area contributed by atoms with Crippen LogP contribution in [0.4, 0.5) is 0 Å². The molecule has 57 heavy (non-hydrogen) atoms. The summed E-state index contributed by atoms with van der Waals surface area (Å²) in [6.07, 6.45) is 43.8. The minimum atomic E-state index is -4.41. The fourth-order valence-corrected chi connectivity index (χ4v) is 5.84. The summed E-state index contributed by atoms with van der Waals surface area (Å²) in [5, 5.41) is 10.0. The number of unbranched alkanes of at least 4 members (excludes halogenated alkanes) is 9. The zero-order valence-electron chi connectivity index (χ0n) is 36.1. The lowest BCUT2D eigenvalue weighted by molar-refractivity contribution is -0.870. The second kappa shape index (κ2) is 37.4. The minimum absolute atomic E-state index is 0.00283. The molecule has 0 amide bonds. The second-order valence-electron chi connectivity index (χ2n) is 15.2. The van der Waals surface area contributed by atoms with E-state index in [0.717, 1.165) is 51.4 Å². The van der Waals surface area contributed by atoms with E-state index >= 15 is 0 Å². The number of aliphatic hydroxyl groups excluding tert-OH is 1. The van der Waals surface area contributed by atoms with E-state index in [1.807, 2.05) is 57.6 Å². The van der Waals surface area contributed by atoms with E-state index < -0.39 is 38.6 Å². The van der Waals surface area contributed by atoms with Crippen LogP contribution in [-0.2, 0) is 32.7 Å². The number of hydrogen-bond acceptors (Lipinski definition) is 8. The highest BCUT2D eigenvalue weighted by atomic mass is 31.2. The van der Waals surface area contributed by atoms with E-state index in [0.29, 0.717) is 43.1 Å². The van der Waals surface area contributed by atoms with Gasteiger partial charge in [0.25, 0.3) is 0 Å². The molecule has 0 aromatic carbocycles. The quantitative estimate of drug-likeness (QED) is 0.0157. The average Bonchev–Trinajstić information content (AvgIpc) is 3.15. The zero-order chi connectivity index (χ0) is 42.3. The third-order valence-corrected chi connectivity index (χ3v) is 9.47. The number of ether oxygens (including phenoxy) is 2. The topological polar surface area (TPSA) is 129 Å². The van der Waals surface area contributed by atoms with Gasteiger partial charge in [-0.3, -0.25) is 18.6 Å². The highest BCUT2D eigenvalue weighted by molar-refractivity contribution is 7.47. The third-order valence-electron chi connectivity index (χ3n) is 8.49. The predicted molar refractivity (Wildman–Crippen MR) is 235 cm³/mol. The molecule has 0 aromatic rings. The molecule has 2 N–H and O–H groups in total. The van der Waals surface area contributed by atoms with Crippen LogP contribution in [0.15, 0.2) is 85.1 Å². The van der Waals surface area contributed by atoms with E-state index in [9.17, 15) is 24.2 Å². The van der Waals surface area contributed by atoms with Crippen LogP contribution in [0, 0.1) is 0 Å². The lowest BCUT2D eigenvalue weighted by atomic mass is 10.1. The first-order chi connectivity index (χ1) is 27.4. The van der Waals surface area contributed by atoms with E-state index in [-0.39, 0.29) is 26.1 Å². The maximum absolute atomic E-state index is 12.7. The Morgan fingerprint density at radius 1 is 0.649 bits per heavy atom. The minimum Gasteiger partial charge on any atom is -0.462 e. The van der Waals surface area contributed by atoms with Gasteiger partial charge >= 0.3 is 19.8 Å². The molecule has 0 saturated heterocycles. The summed E-state index contributed by atoms with van der Waals surface area (Å²) >= 11 is 0. The highest BCUT2D eigenvalue weighted by Crippen LogP contribution is 2.43. The molecule has 0 bridgehead atoms. The standard InChI is InChI=1S/C46H78NO9P/c1-6-8-10-12-14-15-16-17-18-19-20-21-25-29-33-37-45(49)53-41-44(42-55-57(51,52)54-40-39-47(3,4)5)56-46(50)38-34-30-26-23-22-24-28-32-36-43(48)35-31-27-13-11-9-7-2/h9,11,14-15,17-18,23-24,26-28,31-32,36,43-44,48H,6-8,10,12-13,16,19-22,25,29-30,33-35,37-42H2,1-5H3/p+1/b11-9-,15-14-,18-17-,26-23-,28-24-,31-27-,36-32+/t43?,44-/m1/s1. The fraction of sp³-hybridized carbons (Fsp3) is 0.652. The van der Waals surface area contributed by atoms with Crippen molar-refractivity contribution in [1.82, 2.24) is 0 Å². The van der Waals surface area contributed by atoms with Crippen molar-refractivity contribution in [2.75, 3.05) is 47.5 Å². The van der Waals surface area contributed by atoms with Crippen LogP contribution >= 0.6 is 7.82 Å². The number of carbonyl (C=O) groups excluding carboxylic acids is 2. The maximum atomic E-state index is 12.7. The van der Waals surface area contributed by atoms with Gasteiger partial charge in [0, 0.05) is 12.8 Å². The number of nitrogens with zero attached hydrogens (tertiary/aromatic N) is 1. The van der Waals surface area contributed by atoms with Crippen molar-refractivity contribution in [3.05, 3.63) is 85.1 Å². The molecule has 326 valence electrons. The largest absolute Gasteiger partial charge is 0.472 e. The summed E-state index contributed by atoms with van der Waals surface area (Å²) < 4.78 is 34.1. The Hall–Kier alpha value is -2.85. The number of phosphoric acid groups is 1. The first-order valence-electron chi connectivity index (χ1n) is 21.4. The van der Waals surface area contributed by atoms with Gasteiger partial charge in [-0.05, 0) is 77.0 Å². The summed E-state index contributed by atoms with van der Waals surface area (Å²) in [4.78, 5) is 35.3. The van der Waals surface area contributed by atoms with Gasteiger partial charge < -0.3 is 24.0 Å². The molecule has 2 unspecified atom stereocenters. The molecular weight excluding hydrogens is 741 g/mol. The molecule has 0 aliphatic carbocycles.